The number of rotatable bonds is 12. The van der Waals surface area contributed by atoms with Crippen LogP contribution in [0.5, 0.6) is 0 Å². The number of carbonyl (C=O) groups is 2. The zero-order valence-corrected chi connectivity index (χ0v) is 14.8. The summed E-state index contributed by atoms with van der Waals surface area (Å²) in [6.45, 7) is 2.02. The average molecular weight is 331 g/mol. The standard InChI is InChI=1S/C20H29NO3/c1-3-10-18(20(23)24-2)13-8-5-9-14-19(21-16-22)15-17-11-6-4-7-12-17/h4,6-7,10-12,16,19H,3,5,8-9,13-15H2,1-2H3,(H,21,22). The van der Waals surface area contributed by atoms with Crippen molar-refractivity contribution in [2.24, 2.45) is 0 Å². The lowest BCUT2D eigenvalue weighted by Gasteiger charge is -2.16. The predicted molar refractivity (Wildman–Crippen MR) is 96.6 cm³/mol. The van der Waals surface area contributed by atoms with E-state index in [9.17, 15) is 9.59 Å². The highest BCUT2D eigenvalue weighted by atomic mass is 16.5. The Morgan fingerprint density at radius 1 is 1.21 bits per heavy atom. The highest BCUT2D eigenvalue weighted by Crippen LogP contribution is 2.14. The lowest BCUT2D eigenvalue weighted by Crippen LogP contribution is -2.29. The van der Waals surface area contributed by atoms with E-state index in [2.05, 4.69) is 17.4 Å². The third-order valence-electron chi connectivity index (χ3n) is 4.03. The van der Waals surface area contributed by atoms with E-state index in [1.54, 1.807) is 0 Å². The van der Waals surface area contributed by atoms with Crippen molar-refractivity contribution in [3.05, 3.63) is 47.5 Å². The number of unbranched alkanes of at least 4 members (excludes halogenated alkanes) is 2. The molecule has 1 unspecified atom stereocenters. The first-order valence-corrected chi connectivity index (χ1v) is 8.72. The number of hydrogen-bond donors (Lipinski definition) is 1. The zero-order chi connectivity index (χ0) is 17.6. The molecule has 0 aliphatic rings. The quantitative estimate of drug-likeness (QED) is 0.274. The number of esters is 1. The van der Waals surface area contributed by atoms with Gasteiger partial charge in [0, 0.05) is 11.6 Å². The molecule has 4 heteroatoms. The van der Waals surface area contributed by atoms with Crippen LogP contribution in [0, 0.1) is 0 Å². The number of hydrogen-bond acceptors (Lipinski definition) is 3. The van der Waals surface area contributed by atoms with Crippen molar-refractivity contribution in [2.45, 2.75) is 57.9 Å². The van der Waals surface area contributed by atoms with Gasteiger partial charge in [0.1, 0.15) is 0 Å². The van der Waals surface area contributed by atoms with Gasteiger partial charge in [0.25, 0.3) is 0 Å². The van der Waals surface area contributed by atoms with Crippen LogP contribution in [-0.4, -0.2) is 25.5 Å². The summed E-state index contributed by atoms with van der Waals surface area (Å²) in [5, 5.41) is 2.91. The molecule has 0 bridgehead atoms. The summed E-state index contributed by atoms with van der Waals surface area (Å²) in [4.78, 5) is 22.4. The van der Waals surface area contributed by atoms with E-state index in [1.807, 2.05) is 31.2 Å². The second kappa shape index (κ2) is 12.3. The number of benzene rings is 1. The third kappa shape index (κ3) is 7.95. The smallest absolute Gasteiger partial charge is 0.333 e. The van der Waals surface area contributed by atoms with Gasteiger partial charge in [0.05, 0.1) is 7.11 Å². The molecule has 0 fully saturated rings. The van der Waals surface area contributed by atoms with Crippen molar-refractivity contribution >= 4 is 12.4 Å². The zero-order valence-electron chi connectivity index (χ0n) is 14.8. The van der Waals surface area contributed by atoms with E-state index in [0.717, 1.165) is 56.9 Å². The van der Waals surface area contributed by atoms with Gasteiger partial charge in [-0.15, -0.1) is 0 Å². The van der Waals surface area contributed by atoms with Gasteiger partial charge in [0.15, 0.2) is 0 Å². The Balaban J connectivity index is 2.33. The second-order valence-corrected chi connectivity index (χ2v) is 5.90. The van der Waals surface area contributed by atoms with Crippen molar-refractivity contribution in [2.75, 3.05) is 7.11 Å². The maximum Gasteiger partial charge on any atom is 0.333 e. The summed E-state index contributed by atoms with van der Waals surface area (Å²) in [5.74, 6) is -0.221. The molecule has 0 aliphatic carbocycles. The molecule has 1 aromatic rings. The van der Waals surface area contributed by atoms with Gasteiger partial charge in [-0.3, -0.25) is 4.79 Å². The molecule has 0 aromatic heterocycles. The number of amides is 1. The van der Waals surface area contributed by atoms with E-state index in [-0.39, 0.29) is 12.0 Å². The summed E-state index contributed by atoms with van der Waals surface area (Å²) in [6.07, 6.45) is 9.13. The fourth-order valence-corrected chi connectivity index (χ4v) is 2.79. The molecular formula is C20H29NO3. The monoisotopic (exact) mass is 331 g/mol. The van der Waals surface area contributed by atoms with Crippen LogP contribution in [0.1, 0.15) is 51.0 Å². The Morgan fingerprint density at radius 2 is 1.96 bits per heavy atom. The van der Waals surface area contributed by atoms with Crippen LogP contribution < -0.4 is 5.32 Å². The van der Waals surface area contributed by atoms with Crippen LogP contribution in [0.15, 0.2) is 42.0 Å². The van der Waals surface area contributed by atoms with E-state index in [4.69, 9.17) is 4.74 Å². The summed E-state index contributed by atoms with van der Waals surface area (Å²) in [7, 11) is 1.42. The average Bonchev–Trinajstić information content (AvgIpc) is 2.60. The summed E-state index contributed by atoms with van der Waals surface area (Å²) in [6, 6.07) is 10.4. The van der Waals surface area contributed by atoms with Crippen LogP contribution in [0.25, 0.3) is 0 Å². The predicted octanol–water partition coefficient (Wildman–Crippen LogP) is 3.80. The molecular weight excluding hydrogens is 302 g/mol. The summed E-state index contributed by atoms with van der Waals surface area (Å²) < 4.78 is 4.80. The first-order chi connectivity index (χ1) is 11.7. The molecule has 0 heterocycles. The van der Waals surface area contributed by atoms with E-state index >= 15 is 0 Å². The van der Waals surface area contributed by atoms with Crippen molar-refractivity contribution in [1.82, 2.24) is 5.32 Å². The molecule has 0 saturated heterocycles. The third-order valence-corrected chi connectivity index (χ3v) is 4.03. The first-order valence-electron chi connectivity index (χ1n) is 8.72. The topological polar surface area (TPSA) is 55.4 Å². The molecule has 0 radical (unpaired) electrons. The molecule has 1 rings (SSSR count). The van der Waals surface area contributed by atoms with Gasteiger partial charge in [-0.05, 0) is 37.7 Å². The van der Waals surface area contributed by atoms with Gasteiger partial charge in [-0.25, -0.2) is 4.79 Å². The van der Waals surface area contributed by atoms with Crippen LogP contribution in [0.2, 0.25) is 0 Å². The highest BCUT2D eigenvalue weighted by Gasteiger charge is 2.10. The Labute approximate surface area is 145 Å². The van der Waals surface area contributed by atoms with Gasteiger partial charge >= 0.3 is 5.97 Å². The number of allylic oxidation sites excluding steroid dienone is 1. The minimum Gasteiger partial charge on any atom is -0.466 e. The lowest BCUT2D eigenvalue weighted by molar-refractivity contribution is -0.136. The van der Waals surface area contributed by atoms with Gasteiger partial charge in [-0.1, -0.05) is 56.2 Å². The van der Waals surface area contributed by atoms with Crippen LogP contribution in [0.4, 0.5) is 0 Å². The van der Waals surface area contributed by atoms with Gasteiger partial charge in [-0.2, -0.15) is 0 Å². The van der Waals surface area contributed by atoms with Crippen LogP contribution in [0.3, 0.4) is 0 Å². The van der Waals surface area contributed by atoms with Crippen molar-refractivity contribution in [3.8, 4) is 0 Å². The maximum absolute atomic E-state index is 11.6. The first kappa shape index (κ1) is 19.9. The van der Waals surface area contributed by atoms with Crippen molar-refractivity contribution < 1.29 is 14.3 Å². The Bertz CT molecular complexity index is 511. The van der Waals surface area contributed by atoms with Gasteiger partial charge < -0.3 is 10.1 Å². The lowest BCUT2D eigenvalue weighted by atomic mass is 9.99. The number of nitrogens with one attached hydrogen (secondary N) is 1. The molecule has 0 saturated carbocycles. The molecule has 1 atom stereocenters. The molecule has 132 valence electrons. The van der Waals surface area contributed by atoms with Crippen LogP contribution >= 0.6 is 0 Å². The van der Waals surface area contributed by atoms with Crippen molar-refractivity contribution in [1.29, 1.82) is 0 Å². The summed E-state index contributed by atoms with van der Waals surface area (Å²) >= 11 is 0. The Hall–Kier alpha value is -2.10. The molecule has 4 nitrogen and oxygen atoms in total. The largest absolute Gasteiger partial charge is 0.466 e. The Kier molecular flexibility index (Phi) is 10.3. The van der Waals surface area contributed by atoms with E-state index < -0.39 is 0 Å². The molecule has 0 spiro atoms. The molecule has 1 aromatic carbocycles. The number of ether oxygens (including phenoxy) is 1. The minimum absolute atomic E-state index is 0.163. The Morgan fingerprint density at radius 3 is 2.58 bits per heavy atom. The molecule has 1 N–H and O–H groups in total. The minimum atomic E-state index is -0.221. The van der Waals surface area contributed by atoms with Crippen LogP contribution in [-0.2, 0) is 20.7 Å². The van der Waals surface area contributed by atoms with Gasteiger partial charge in [0.2, 0.25) is 6.41 Å². The van der Waals surface area contributed by atoms with E-state index in [1.165, 1.54) is 12.7 Å². The molecule has 0 aliphatic heterocycles. The number of carbonyl (C=O) groups excluding carboxylic acids is 2. The SMILES string of the molecule is CCC=C(CCCCCC(Cc1ccccc1)NC=O)C(=O)OC. The highest BCUT2D eigenvalue weighted by molar-refractivity contribution is 5.88. The van der Waals surface area contributed by atoms with E-state index in [0.29, 0.717) is 0 Å². The van der Waals surface area contributed by atoms with Crippen molar-refractivity contribution in [3.63, 3.8) is 0 Å². The fraction of sp³-hybridized carbons (Fsp3) is 0.500. The second-order valence-electron chi connectivity index (χ2n) is 5.90. The maximum atomic E-state index is 11.6. The molecule has 24 heavy (non-hydrogen) atoms. The summed E-state index contributed by atoms with van der Waals surface area (Å²) in [5.41, 5.74) is 2.00. The normalized spacial score (nSPS) is 12.5. The number of methoxy groups -OCH3 is 1. The fourth-order valence-electron chi connectivity index (χ4n) is 2.79. The molecule has 1 amide bonds.